The fourth-order valence-corrected chi connectivity index (χ4v) is 13.8. The molecular formula is C96H62N2O6. The molecule has 0 amide bonds. The summed E-state index contributed by atoms with van der Waals surface area (Å²) in [7, 11) is 0. The highest BCUT2D eigenvalue weighted by Crippen LogP contribution is 2.38. The lowest BCUT2D eigenvalue weighted by atomic mass is 9.97. The van der Waals surface area contributed by atoms with Gasteiger partial charge in [-0.25, -0.2) is 0 Å². The Kier molecular flexibility index (Phi) is 17.6. The molecule has 8 nitrogen and oxygen atoms in total. The quantitative estimate of drug-likeness (QED) is 0.0840. The highest BCUT2D eigenvalue weighted by molar-refractivity contribution is 6.20. The summed E-state index contributed by atoms with van der Waals surface area (Å²) in [4.78, 5) is 81.6. The molecule has 104 heavy (non-hydrogen) atoms. The zero-order valence-electron chi connectivity index (χ0n) is 56.1. The standard InChI is InChI=1S/C57H37NO3.C39H25NO3/c59-55(44-22-16-41(17-23-44)38-10-4-1-5-11-38)47-28-32-50(33-29-47)58-53-34-30-48(56(60)45-24-18-42(19-25-45)39-12-6-2-7-13-39)36-51(53)52-37-49(31-35-54(52)58)57(61)46-26-20-43(21-27-46)40-14-8-3-9-15-40;41-37(26-10-4-1-5-11-26)29-16-20-32(21-17-29)40-35-22-18-30(38(42)27-12-6-2-7-13-27)24-33(35)34-25-31(19-23-36(34)40)39(43)28-14-8-3-9-15-28/h1-37H;1-25H. The van der Waals surface area contributed by atoms with E-state index >= 15 is 0 Å². The Bertz CT molecular complexity index is 5850. The molecule has 17 rings (SSSR count). The Labute approximate surface area is 600 Å². The molecular weight excluding hydrogens is 1280 g/mol. The van der Waals surface area contributed by atoms with E-state index in [2.05, 4.69) is 45.5 Å². The van der Waals surface area contributed by atoms with Gasteiger partial charge in [-0.15, -0.1) is 0 Å². The largest absolute Gasteiger partial charge is 0.309 e. The summed E-state index contributed by atoms with van der Waals surface area (Å²) in [5.74, 6) is -0.413. The van der Waals surface area contributed by atoms with Crippen LogP contribution in [0, 0.1) is 0 Å². The van der Waals surface area contributed by atoms with Crippen LogP contribution in [-0.4, -0.2) is 43.8 Å². The molecule has 0 bridgehead atoms. The molecule has 17 aromatic rings. The number of hydrogen-bond acceptors (Lipinski definition) is 6. The Balaban J connectivity index is 0.000000170. The molecule has 0 saturated heterocycles. The van der Waals surface area contributed by atoms with Gasteiger partial charge in [0.15, 0.2) is 34.7 Å². The number of benzene rings is 15. The van der Waals surface area contributed by atoms with Crippen LogP contribution in [0.15, 0.2) is 376 Å². The van der Waals surface area contributed by atoms with E-state index < -0.39 is 0 Å². The van der Waals surface area contributed by atoms with Crippen LogP contribution < -0.4 is 0 Å². The van der Waals surface area contributed by atoms with Gasteiger partial charge in [0.1, 0.15) is 0 Å². The van der Waals surface area contributed by atoms with E-state index in [4.69, 9.17) is 0 Å². The zero-order valence-corrected chi connectivity index (χ0v) is 56.1. The molecule has 0 fully saturated rings. The summed E-state index contributed by atoms with van der Waals surface area (Å²) in [5, 5.41) is 3.41. The molecule has 2 heterocycles. The molecule has 0 radical (unpaired) electrons. The van der Waals surface area contributed by atoms with Crippen molar-refractivity contribution < 1.29 is 28.8 Å². The third-order valence-electron chi connectivity index (χ3n) is 19.2. The molecule has 0 aliphatic carbocycles. The molecule has 0 aliphatic heterocycles. The maximum Gasteiger partial charge on any atom is 0.193 e. The normalized spacial score (nSPS) is 11.1. The maximum atomic E-state index is 14.1. The summed E-state index contributed by atoms with van der Waals surface area (Å²) < 4.78 is 4.23. The predicted octanol–water partition coefficient (Wildman–Crippen LogP) is 22.0. The Morgan fingerprint density at radius 2 is 0.317 bits per heavy atom. The molecule has 0 aliphatic rings. The number of hydrogen-bond donors (Lipinski definition) is 0. The SMILES string of the molecule is O=C(c1ccc(-c2ccccc2)cc1)c1ccc(-n2c3ccc(C(=O)c4ccc(-c5ccccc5)cc4)cc3c3cc(C(=O)c4ccc(-c5ccccc5)cc4)ccc32)cc1.O=C(c1ccccc1)c1ccc(-n2c3ccc(C(=O)c4ccccc4)cc3c3cc(C(=O)c4ccccc4)ccc32)cc1. The highest BCUT2D eigenvalue weighted by Gasteiger charge is 2.23. The van der Waals surface area contributed by atoms with Crippen molar-refractivity contribution in [2.75, 3.05) is 0 Å². The van der Waals surface area contributed by atoms with Crippen molar-refractivity contribution in [2.45, 2.75) is 0 Å². The topological polar surface area (TPSA) is 112 Å². The fraction of sp³-hybridized carbons (Fsp3) is 0. The van der Waals surface area contributed by atoms with Crippen LogP contribution in [0.25, 0.3) is 88.4 Å². The van der Waals surface area contributed by atoms with Crippen LogP contribution in [0.3, 0.4) is 0 Å². The number of ketones is 6. The Morgan fingerprint density at radius 3 is 0.538 bits per heavy atom. The van der Waals surface area contributed by atoms with Crippen LogP contribution in [0.5, 0.6) is 0 Å². The first-order chi connectivity index (χ1) is 51.1. The van der Waals surface area contributed by atoms with E-state index in [1.165, 1.54) is 0 Å². The predicted molar refractivity (Wildman–Crippen MR) is 417 cm³/mol. The second-order valence-electron chi connectivity index (χ2n) is 25.6. The monoisotopic (exact) mass is 1340 g/mol. The molecule has 0 unspecified atom stereocenters. The van der Waals surface area contributed by atoms with Gasteiger partial charge >= 0.3 is 0 Å². The van der Waals surface area contributed by atoms with Gasteiger partial charge in [-0.1, -0.05) is 255 Å². The number of fused-ring (bicyclic) bond motifs is 6. The number of carbonyl (C=O) groups is 6. The number of rotatable bonds is 17. The molecule has 0 spiro atoms. The molecule has 0 atom stereocenters. The third-order valence-corrected chi connectivity index (χ3v) is 19.2. The second kappa shape index (κ2) is 28.3. The molecule has 492 valence electrons. The van der Waals surface area contributed by atoms with Gasteiger partial charge in [0, 0.05) is 99.7 Å². The van der Waals surface area contributed by atoms with E-state index in [1.54, 1.807) is 0 Å². The minimum absolute atomic E-state index is 0.0393. The van der Waals surface area contributed by atoms with Crippen LogP contribution in [0.1, 0.15) is 95.5 Å². The van der Waals surface area contributed by atoms with E-state index in [0.717, 1.165) is 88.4 Å². The first kappa shape index (κ1) is 64.6. The number of carbonyl (C=O) groups excluding carboxylic acids is 6. The van der Waals surface area contributed by atoms with Crippen molar-refractivity contribution in [2.24, 2.45) is 0 Å². The van der Waals surface area contributed by atoms with Crippen molar-refractivity contribution in [1.29, 1.82) is 0 Å². The van der Waals surface area contributed by atoms with Gasteiger partial charge in [-0.3, -0.25) is 28.8 Å². The smallest absolute Gasteiger partial charge is 0.193 e. The van der Waals surface area contributed by atoms with Gasteiger partial charge in [0.2, 0.25) is 0 Å². The lowest BCUT2D eigenvalue weighted by Crippen LogP contribution is -2.03. The highest BCUT2D eigenvalue weighted by atomic mass is 16.1. The fourth-order valence-electron chi connectivity index (χ4n) is 13.8. The van der Waals surface area contributed by atoms with Crippen molar-refractivity contribution in [3.8, 4) is 44.8 Å². The minimum atomic E-state index is -0.0900. The van der Waals surface area contributed by atoms with Crippen molar-refractivity contribution in [1.82, 2.24) is 9.13 Å². The van der Waals surface area contributed by atoms with Gasteiger partial charge in [-0.05, 0) is 155 Å². The first-order valence-corrected chi connectivity index (χ1v) is 34.3. The van der Waals surface area contributed by atoms with E-state index in [0.29, 0.717) is 66.8 Å². The van der Waals surface area contributed by atoms with Crippen LogP contribution in [0.4, 0.5) is 0 Å². The van der Waals surface area contributed by atoms with Crippen molar-refractivity contribution >= 4 is 78.3 Å². The van der Waals surface area contributed by atoms with Gasteiger partial charge in [0.25, 0.3) is 0 Å². The molecule has 8 heteroatoms. The Morgan fingerprint density at radius 1 is 0.154 bits per heavy atom. The van der Waals surface area contributed by atoms with Crippen LogP contribution in [-0.2, 0) is 0 Å². The summed E-state index contributed by atoms with van der Waals surface area (Å²) in [6, 6.07) is 119. The average molecular weight is 1340 g/mol. The van der Waals surface area contributed by atoms with Gasteiger partial charge in [0.05, 0.1) is 22.1 Å². The van der Waals surface area contributed by atoms with Gasteiger partial charge in [-0.2, -0.15) is 0 Å². The number of aromatic nitrogens is 2. The molecule has 0 N–H and O–H groups in total. The zero-order chi connectivity index (χ0) is 70.6. The van der Waals surface area contributed by atoms with Crippen molar-refractivity contribution in [3.63, 3.8) is 0 Å². The third kappa shape index (κ3) is 12.8. The lowest BCUT2D eigenvalue weighted by Gasteiger charge is -2.10. The van der Waals surface area contributed by atoms with Crippen LogP contribution in [0.2, 0.25) is 0 Å². The molecule has 15 aromatic carbocycles. The molecule has 2 aromatic heterocycles. The van der Waals surface area contributed by atoms with E-state index in [1.807, 2.05) is 340 Å². The summed E-state index contributed by atoms with van der Waals surface area (Å²) >= 11 is 0. The lowest BCUT2D eigenvalue weighted by molar-refractivity contribution is 0.103. The van der Waals surface area contributed by atoms with E-state index in [-0.39, 0.29) is 34.7 Å². The number of nitrogens with zero attached hydrogens (tertiary/aromatic N) is 2. The minimum Gasteiger partial charge on any atom is -0.309 e. The van der Waals surface area contributed by atoms with Crippen molar-refractivity contribution in [3.05, 3.63) is 443 Å². The Hall–Kier alpha value is -14.1. The second-order valence-corrected chi connectivity index (χ2v) is 25.6. The maximum absolute atomic E-state index is 14.1. The van der Waals surface area contributed by atoms with Crippen LogP contribution >= 0.6 is 0 Å². The molecule has 0 saturated carbocycles. The summed E-state index contributed by atoms with van der Waals surface area (Å²) in [6.07, 6.45) is 0. The van der Waals surface area contributed by atoms with Gasteiger partial charge < -0.3 is 9.13 Å². The summed E-state index contributed by atoms with van der Waals surface area (Å²) in [6.45, 7) is 0. The summed E-state index contributed by atoms with van der Waals surface area (Å²) in [5.41, 5.74) is 18.7. The average Bonchev–Trinajstić information content (AvgIpc) is 1.59. The van der Waals surface area contributed by atoms with E-state index in [9.17, 15) is 28.8 Å². The first-order valence-electron chi connectivity index (χ1n) is 34.3.